The molecule has 1 amide bonds. The van der Waals surface area contributed by atoms with Gasteiger partial charge >= 0.3 is 0 Å². The van der Waals surface area contributed by atoms with E-state index in [-0.39, 0.29) is 16.7 Å². The Labute approximate surface area is 112 Å². The summed E-state index contributed by atoms with van der Waals surface area (Å²) in [5.41, 5.74) is -0.105. The second-order valence-electron chi connectivity index (χ2n) is 6.81. The minimum Gasteiger partial charge on any atom is -0.354 e. The maximum absolute atomic E-state index is 12.0. The normalized spacial score (nSPS) is 26.2. The molecule has 2 atom stereocenters. The van der Waals surface area contributed by atoms with Crippen molar-refractivity contribution in [3.8, 4) is 0 Å². The molecule has 1 fully saturated rings. The Morgan fingerprint density at radius 3 is 2.22 bits per heavy atom. The second kappa shape index (κ2) is 5.20. The highest BCUT2D eigenvalue weighted by atomic mass is 16.2. The number of nitrogens with one attached hydrogen (secondary N) is 1. The van der Waals surface area contributed by atoms with Crippen LogP contribution in [0.15, 0.2) is 0 Å². The molecule has 0 aromatic carbocycles. The van der Waals surface area contributed by atoms with E-state index in [2.05, 4.69) is 58.8 Å². The average Bonchev–Trinajstić information content (AvgIpc) is 2.25. The Hall–Kier alpha value is -0.570. The van der Waals surface area contributed by atoms with Gasteiger partial charge in [-0.25, -0.2) is 0 Å². The lowest BCUT2D eigenvalue weighted by molar-refractivity contribution is -0.152. The van der Waals surface area contributed by atoms with Crippen molar-refractivity contribution in [3.05, 3.63) is 0 Å². The van der Waals surface area contributed by atoms with Gasteiger partial charge in [0, 0.05) is 18.6 Å². The third-order valence-corrected chi connectivity index (χ3v) is 5.20. The number of carbonyl (C=O) groups excluding carboxylic acids is 1. The Morgan fingerprint density at radius 1 is 1.39 bits per heavy atom. The molecule has 1 aliphatic rings. The molecule has 106 valence electrons. The van der Waals surface area contributed by atoms with Crippen LogP contribution in [0.4, 0.5) is 0 Å². The van der Waals surface area contributed by atoms with Gasteiger partial charge in [0.1, 0.15) is 0 Å². The van der Waals surface area contributed by atoms with Crippen molar-refractivity contribution in [1.82, 2.24) is 10.2 Å². The van der Waals surface area contributed by atoms with E-state index in [1.165, 1.54) is 0 Å². The van der Waals surface area contributed by atoms with Crippen molar-refractivity contribution in [1.29, 1.82) is 0 Å². The van der Waals surface area contributed by atoms with Crippen LogP contribution in [0.2, 0.25) is 0 Å². The summed E-state index contributed by atoms with van der Waals surface area (Å²) in [5, 5.41) is 2.93. The zero-order chi connectivity index (χ0) is 14.1. The van der Waals surface area contributed by atoms with Gasteiger partial charge in [0.15, 0.2) is 0 Å². The summed E-state index contributed by atoms with van der Waals surface area (Å²) in [7, 11) is 2.17. The molecule has 1 saturated heterocycles. The number of nitrogens with zero attached hydrogens (tertiary/aromatic N) is 1. The average molecular weight is 254 g/mol. The van der Waals surface area contributed by atoms with E-state index in [1.54, 1.807) is 0 Å². The fraction of sp³-hybridized carbons (Fsp3) is 0.933. The van der Waals surface area contributed by atoms with Gasteiger partial charge in [-0.2, -0.15) is 0 Å². The zero-order valence-electron chi connectivity index (χ0n) is 13.1. The summed E-state index contributed by atoms with van der Waals surface area (Å²) in [6.45, 7) is 14.2. The van der Waals surface area contributed by atoms with E-state index < -0.39 is 0 Å². The largest absolute Gasteiger partial charge is 0.354 e. The first kappa shape index (κ1) is 15.5. The molecule has 0 aromatic heterocycles. The minimum absolute atomic E-state index is 0.0483. The zero-order valence-corrected chi connectivity index (χ0v) is 13.1. The molecular weight excluding hydrogens is 224 g/mol. The summed E-state index contributed by atoms with van der Waals surface area (Å²) >= 11 is 0. The molecule has 3 heteroatoms. The van der Waals surface area contributed by atoms with Crippen LogP contribution in [0.25, 0.3) is 0 Å². The smallest absolute Gasteiger partial charge is 0.228 e. The van der Waals surface area contributed by atoms with E-state index in [0.29, 0.717) is 12.1 Å². The van der Waals surface area contributed by atoms with E-state index in [1.807, 2.05) is 0 Å². The maximum atomic E-state index is 12.0. The Morgan fingerprint density at radius 2 is 1.94 bits per heavy atom. The van der Waals surface area contributed by atoms with E-state index in [4.69, 9.17) is 0 Å². The molecule has 1 aliphatic heterocycles. The van der Waals surface area contributed by atoms with Gasteiger partial charge in [-0.3, -0.25) is 4.79 Å². The first-order valence-electron chi connectivity index (χ1n) is 7.18. The molecule has 1 heterocycles. The summed E-state index contributed by atoms with van der Waals surface area (Å²) < 4.78 is 0. The van der Waals surface area contributed by atoms with Gasteiger partial charge in [0.2, 0.25) is 5.91 Å². The molecule has 2 unspecified atom stereocenters. The first-order valence-corrected chi connectivity index (χ1v) is 7.18. The maximum Gasteiger partial charge on any atom is 0.228 e. The van der Waals surface area contributed by atoms with Crippen LogP contribution in [0, 0.1) is 10.8 Å². The van der Waals surface area contributed by atoms with Gasteiger partial charge in [-0.1, -0.05) is 20.8 Å². The number of carbonyl (C=O) groups is 1. The van der Waals surface area contributed by atoms with Crippen LogP contribution in [-0.4, -0.2) is 36.5 Å². The number of β-lactam (4-membered cyclic amide) rings is 1. The molecule has 18 heavy (non-hydrogen) atoms. The summed E-state index contributed by atoms with van der Waals surface area (Å²) in [6, 6.07) is 1.04. The van der Waals surface area contributed by atoms with Crippen LogP contribution in [0.5, 0.6) is 0 Å². The lowest BCUT2D eigenvalue weighted by Gasteiger charge is -2.53. The molecule has 0 saturated carbocycles. The highest BCUT2D eigenvalue weighted by Gasteiger charge is 2.55. The second-order valence-corrected chi connectivity index (χ2v) is 6.81. The van der Waals surface area contributed by atoms with Crippen molar-refractivity contribution in [2.24, 2.45) is 10.8 Å². The third-order valence-electron chi connectivity index (χ3n) is 5.20. The highest BCUT2D eigenvalue weighted by molar-refractivity contribution is 5.89. The van der Waals surface area contributed by atoms with Crippen molar-refractivity contribution >= 4 is 5.91 Å². The van der Waals surface area contributed by atoms with E-state index in [0.717, 1.165) is 19.4 Å². The Kier molecular flexibility index (Phi) is 4.47. The van der Waals surface area contributed by atoms with Crippen LogP contribution < -0.4 is 5.32 Å². The number of amides is 1. The minimum atomic E-state index is -0.154. The van der Waals surface area contributed by atoms with Gasteiger partial charge in [0.05, 0.1) is 5.41 Å². The molecule has 0 aromatic rings. The number of rotatable bonds is 6. The van der Waals surface area contributed by atoms with Crippen LogP contribution in [0.1, 0.15) is 54.4 Å². The third kappa shape index (κ3) is 2.42. The fourth-order valence-electron chi connectivity index (χ4n) is 3.27. The van der Waals surface area contributed by atoms with Gasteiger partial charge < -0.3 is 10.2 Å². The van der Waals surface area contributed by atoms with Crippen molar-refractivity contribution < 1.29 is 4.79 Å². The molecule has 3 nitrogen and oxygen atoms in total. The standard InChI is InChI=1S/C15H30N2O/c1-8-15(10-16-13(15)18)14(5,6)9-12(4)17(7)11(2)3/h11-12H,8-10H2,1-7H3,(H,16,18). The molecule has 1 rings (SSSR count). The lowest BCUT2D eigenvalue weighted by Crippen LogP contribution is -2.66. The monoisotopic (exact) mass is 254 g/mol. The quantitative estimate of drug-likeness (QED) is 0.739. The first-order chi connectivity index (χ1) is 8.18. The van der Waals surface area contributed by atoms with Crippen LogP contribution in [0.3, 0.4) is 0 Å². The van der Waals surface area contributed by atoms with E-state index in [9.17, 15) is 4.79 Å². The van der Waals surface area contributed by atoms with Gasteiger partial charge in [0.25, 0.3) is 0 Å². The summed E-state index contributed by atoms with van der Waals surface area (Å²) in [6.07, 6.45) is 1.99. The topological polar surface area (TPSA) is 32.3 Å². The molecule has 1 N–H and O–H groups in total. The Balaban J connectivity index is 2.78. The lowest BCUT2D eigenvalue weighted by atomic mass is 9.57. The highest BCUT2D eigenvalue weighted by Crippen LogP contribution is 2.49. The van der Waals surface area contributed by atoms with Crippen LogP contribution >= 0.6 is 0 Å². The predicted octanol–water partition coefficient (Wildman–Crippen LogP) is 2.66. The molecule has 0 bridgehead atoms. The van der Waals surface area contributed by atoms with Crippen LogP contribution in [-0.2, 0) is 4.79 Å². The molecule has 0 spiro atoms. The van der Waals surface area contributed by atoms with Crippen molar-refractivity contribution in [3.63, 3.8) is 0 Å². The molecular formula is C15H30N2O. The van der Waals surface area contributed by atoms with Crippen molar-refractivity contribution in [2.75, 3.05) is 13.6 Å². The SMILES string of the molecule is CCC1(C(C)(C)CC(C)N(C)C(C)C)CNC1=O. The fourth-order valence-corrected chi connectivity index (χ4v) is 3.27. The Bertz CT molecular complexity index is 308. The summed E-state index contributed by atoms with van der Waals surface area (Å²) in [5.74, 6) is 0.245. The summed E-state index contributed by atoms with van der Waals surface area (Å²) in [4.78, 5) is 14.4. The molecule has 0 radical (unpaired) electrons. The van der Waals surface area contributed by atoms with Gasteiger partial charge in [-0.05, 0) is 46.1 Å². The van der Waals surface area contributed by atoms with Gasteiger partial charge in [-0.15, -0.1) is 0 Å². The predicted molar refractivity (Wildman–Crippen MR) is 76.5 cm³/mol. The van der Waals surface area contributed by atoms with Crippen molar-refractivity contribution in [2.45, 2.75) is 66.5 Å². The number of hydrogen-bond donors (Lipinski definition) is 1. The number of hydrogen-bond acceptors (Lipinski definition) is 2. The van der Waals surface area contributed by atoms with E-state index >= 15 is 0 Å². The molecule has 0 aliphatic carbocycles.